The van der Waals surface area contributed by atoms with E-state index in [2.05, 4.69) is 31.7 Å². The molecule has 0 bridgehead atoms. The number of anilines is 1. The molecule has 5 heteroatoms. The maximum Gasteiger partial charge on any atom is 0.338 e. The van der Waals surface area contributed by atoms with E-state index in [1.807, 2.05) is 12.1 Å². The Morgan fingerprint density at radius 3 is 2.73 bits per heavy atom. The quantitative estimate of drug-likeness (QED) is 0.680. The molecule has 2 aromatic rings. The van der Waals surface area contributed by atoms with Gasteiger partial charge in [0.25, 0.3) is 0 Å². The van der Waals surface area contributed by atoms with Crippen molar-refractivity contribution in [1.29, 1.82) is 0 Å². The molecule has 22 heavy (non-hydrogen) atoms. The Labute approximate surface area is 134 Å². The van der Waals surface area contributed by atoms with Gasteiger partial charge in [-0.25, -0.2) is 4.79 Å². The van der Waals surface area contributed by atoms with Gasteiger partial charge in [-0.3, -0.25) is 0 Å². The van der Waals surface area contributed by atoms with E-state index in [1.165, 1.54) is 0 Å². The van der Waals surface area contributed by atoms with Gasteiger partial charge in [0, 0.05) is 40.2 Å². The first-order valence-electron chi connectivity index (χ1n) is 7.59. The molecule has 4 nitrogen and oxygen atoms in total. The molecule has 3 rings (SSSR count). The lowest BCUT2D eigenvalue weighted by molar-refractivity contribution is 0.560. The molecule has 2 heterocycles. The van der Waals surface area contributed by atoms with Crippen molar-refractivity contribution in [2.75, 3.05) is 18.0 Å². The minimum Gasteiger partial charge on any atom is -0.423 e. The van der Waals surface area contributed by atoms with Gasteiger partial charge >= 0.3 is 5.63 Å². The molecule has 0 spiro atoms. The van der Waals surface area contributed by atoms with Crippen LogP contribution in [-0.2, 0) is 0 Å². The maximum atomic E-state index is 11.9. The fraction of sp³-hybridized carbons (Fsp3) is 0.471. The Bertz CT molecular complexity index is 748. The zero-order valence-electron chi connectivity index (χ0n) is 13.3. The molecule has 2 N–H and O–H groups in total. The number of rotatable bonds is 2. The van der Waals surface area contributed by atoms with Gasteiger partial charge in [0.05, 0.1) is 5.69 Å². The second kappa shape index (κ2) is 5.63. The summed E-state index contributed by atoms with van der Waals surface area (Å²) in [5.74, 6) is 0. The van der Waals surface area contributed by atoms with Crippen LogP contribution in [0.25, 0.3) is 11.0 Å². The van der Waals surface area contributed by atoms with Crippen LogP contribution in [0.4, 0.5) is 5.69 Å². The summed E-state index contributed by atoms with van der Waals surface area (Å²) in [5.41, 5.74) is 7.27. The van der Waals surface area contributed by atoms with Crippen LogP contribution in [0, 0.1) is 0 Å². The van der Waals surface area contributed by atoms with Gasteiger partial charge in [-0.2, -0.15) is 0 Å². The molecule has 1 aromatic heterocycles. The lowest BCUT2D eigenvalue weighted by atomic mass is 10.2. The molecule has 1 atom stereocenters. The normalized spacial score (nSPS) is 19.1. The summed E-state index contributed by atoms with van der Waals surface area (Å²) in [4.78, 5) is 15.2. The van der Waals surface area contributed by atoms with Crippen LogP contribution < -0.4 is 16.3 Å². The third-order valence-electron chi connectivity index (χ3n) is 3.68. The summed E-state index contributed by atoms with van der Waals surface area (Å²) in [6.07, 6.45) is 0.958. The highest BCUT2D eigenvalue weighted by molar-refractivity contribution is 8.00. The van der Waals surface area contributed by atoms with Gasteiger partial charge in [-0.1, -0.05) is 20.8 Å². The predicted molar refractivity (Wildman–Crippen MR) is 92.9 cm³/mol. The molecule has 1 aliphatic rings. The zero-order chi connectivity index (χ0) is 15.9. The molecular formula is C17H22N2O2S. The van der Waals surface area contributed by atoms with E-state index in [0.717, 1.165) is 35.5 Å². The molecule has 0 amide bonds. The van der Waals surface area contributed by atoms with Crippen molar-refractivity contribution in [3.63, 3.8) is 0 Å². The van der Waals surface area contributed by atoms with E-state index in [0.29, 0.717) is 5.58 Å². The topological polar surface area (TPSA) is 59.5 Å². The first-order chi connectivity index (χ1) is 10.3. The highest BCUT2D eigenvalue weighted by atomic mass is 32.2. The van der Waals surface area contributed by atoms with E-state index >= 15 is 0 Å². The molecule has 0 saturated carbocycles. The van der Waals surface area contributed by atoms with Gasteiger partial charge in [0.2, 0.25) is 0 Å². The zero-order valence-corrected chi connectivity index (χ0v) is 14.1. The van der Waals surface area contributed by atoms with Crippen LogP contribution in [-0.4, -0.2) is 23.9 Å². The Morgan fingerprint density at radius 1 is 1.32 bits per heavy atom. The van der Waals surface area contributed by atoms with Crippen molar-refractivity contribution in [3.8, 4) is 0 Å². The third kappa shape index (κ3) is 3.31. The van der Waals surface area contributed by atoms with Gasteiger partial charge in [-0.15, -0.1) is 11.8 Å². The fourth-order valence-corrected chi connectivity index (χ4v) is 3.82. The second-order valence-corrected chi connectivity index (χ2v) is 8.72. The van der Waals surface area contributed by atoms with Crippen molar-refractivity contribution in [2.45, 2.75) is 42.9 Å². The number of thioether (sulfide) groups is 1. The molecule has 1 aliphatic heterocycles. The summed E-state index contributed by atoms with van der Waals surface area (Å²) in [6.45, 7) is 8.18. The average Bonchev–Trinajstić information content (AvgIpc) is 2.82. The van der Waals surface area contributed by atoms with Crippen molar-refractivity contribution in [2.24, 2.45) is 5.73 Å². The average molecular weight is 318 g/mol. The van der Waals surface area contributed by atoms with Crippen LogP contribution >= 0.6 is 11.8 Å². The Balaban J connectivity index is 2.05. The van der Waals surface area contributed by atoms with Crippen LogP contribution in [0.3, 0.4) is 0 Å². The molecule has 1 saturated heterocycles. The third-order valence-corrected chi connectivity index (χ3v) is 4.79. The first kappa shape index (κ1) is 15.4. The minimum absolute atomic E-state index is 0.118. The van der Waals surface area contributed by atoms with Crippen LogP contribution in [0.2, 0.25) is 0 Å². The second-order valence-electron chi connectivity index (χ2n) is 6.82. The van der Waals surface area contributed by atoms with E-state index < -0.39 is 0 Å². The Kier molecular flexibility index (Phi) is 3.95. The molecule has 1 fully saturated rings. The number of benzene rings is 1. The summed E-state index contributed by atoms with van der Waals surface area (Å²) in [7, 11) is 0. The molecule has 1 aromatic carbocycles. The monoisotopic (exact) mass is 318 g/mol. The van der Waals surface area contributed by atoms with Crippen LogP contribution in [0.15, 0.2) is 38.4 Å². The van der Waals surface area contributed by atoms with Crippen molar-refractivity contribution in [1.82, 2.24) is 0 Å². The lowest BCUT2D eigenvalue weighted by Gasteiger charge is -2.20. The van der Waals surface area contributed by atoms with E-state index in [1.54, 1.807) is 17.8 Å². The summed E-state index contributed by atoms with van der Waals surface area (Å²) >= 11 is 1.76. The maximum absolute atomic E-state index is 11.9. The smallest absolute Gasteiger partial charge is 0.338 e. The number of nitrogens with two attached hydrogens (primary N) is 1. The Morgan fingerprint density at radius 2 is 2.09 bits per heavy atom. The fourth-order valence-electron chi connectivity index (χ4n) is 2.81. The van der Waals surface area contributed by atoms with E-state index in [4.69, 9.17) is 10.2 Å². The van der Waals surface area contributed by atoms with Crippen molar-refractivity contribution < 1.29 is 4.42 Å². The molecule has 0 aliphatic carbocycles. The van der Waals surface area contributed by atoms with Crippen LogP contribution in [0.1, 0.15) is 27.2 Å². The van der Waals surface area contributed by atoms with Gasteiger partial charge in [0.15, 0.2) is 0 Å². The van der Waals surface area contributed by atoms with Gasteiger partial charge < -0.3 is 15.1 Å². The van der Waals surface area contributed by atoms with Crippen molar-refractivity contribution >= 4 is 28.4 Å². The first-order valence-corrected chi connectivity index (χ1v) is 8.41. The summed E-state index contributed by atoms with van der Waals surface area (Å²) < 4.78 is 5.54. The molecular weight excluding hydrogens is 296 g/mol. The molecule has 0 unspecified atom stereocenters. The Hall–Kier alpha value is -1.46. The SMILES string of the molecule is CC(C)(C)Sc1ccc2c(N3CC[C@@H](N)C3)cc(=O)oc2c1. The van der Waals surface area contributed by atoms with Gasteiger partial charge in [-0.05, 0) is 24.6 Å². The number of hydrogen-bond acceptors (Lipinski definition) is 5. The summed E-state index contributed by atoms with van der Waals surface area (Å²) in [5, 5.41) is 0.979. The standard InChI is InChI=1S/C17H22N2O2S/c1-17(2,3)22-12-4-5-13-14(19-7-6-11(18)10-19)9-16(20)21-15(13)8-12/h4-5,8-9,11H,6-7,10,18H2,1-3H3/t11-/m1/s1. The van der Waals surface area contributed by atoms with Crippen LogP contribution in [0.5, 0.6) is 0 Å². The van der Waals surface area contributed by atoms with Crippen molar-refractivity contribution in [3.05, 3.63) is 34.7 Å². The van der Waals surface area contributed by atoms with Gasteiger partial charge in [0.1, 0.15) is 5.58 Å². The highest BCUT2D eigenvalue weighted by Crippen LogP contribution is 2.35. The predicted octanol–water partition coefficient (Wildman–Crippen LogP) is 3.22. The molecule has 118 valence electrons. The molecule has 0 radical (unpaired) electrons. The number of fused-ring (bicyclic) bond motifs is 1. The van der Waals surface area contributed by atoms with E-state index in [-0.39, 0.29) is 16.4 Å². The minimum atomic E-state index is -0.305. The lowest BCUT2D eigenvalue weighted by Crippen LogP contribution is -2.27. The summed E-state index contributed by atoms with van der Waals surface area (Å²) in [6, 6.07) is 7.87. The number of hydrogen-bond donors (Lipinski definition) is 1. The largest absolute Gasteiger partial charge is 0.423 e. The highest BCUT2D eigenvalue weighted by Gasteiger charge is 2.22. The van der Waals surface area contributed by atoms with E-state index in [9.17, 15) is 4.79 Å². The number of nitrogens with zero attached hydrogens (tertiary/aromatic N) is 1.